The van der Waals surface area contributed by atoms with Gasteiger partial charge in [0.15, 0.2) is 0 Å². The van der Waals surface area contributed by atoms with E-state index in [1.165, 1.54) is 11.1 Å². The van der Waals surface area contributed by atoms with Crippen LogP contribution in [0.25, 0.3) is 0 Å². The zero-order chi connectivity index (χ0) is 15.2. The fourth-order valence-electron chi connectivity index (χ4n) is 2.36. The predicted molar refractivity (Wildman–Crippen MR) is 86.8 cm³/mol. The lowest BCUT2D eigenvalue weighted by atomic mass is 10.1. The molecule has 0 aromatic heterocycles. The maximum atomic E-state index is 12.2. The maximum absolute atomic E-state index is 12.2. The molecule has 0 aliphatic rings. The molecule has 110 valence electrons. The van der Waals surface area contributed by atoms with Crippen molar-refractivity contribution in [3.8, 4) is 0 Å². The number of hydrogen-bond acceptors (Lipinski definition) is 2. The van der Waals surface area contributed by atoms with Gasteiger partial charge >= 0.3 is 0 Å². The predicted octanol–water partition coefficient (Wildman–Crippen LogP) is 3.17. The van der Waals surface area contributed by atoms with Crippen molar-refractivity contribution in [2.24, 2.45) is 0 Å². The normalized spacial score (nSPS) is 10.4. The van der Waals surface area contributed by atoms with Gasteiger partial charge in [-0.15, -0.1) is 0 Å². The Hall–Kier alpha value is -2.29. The number of nitrogens with two attached hydrogens (primary N) is 1. The van der Waals surface area contributed by atoms with Gasteiger partial charge in [0.1, 0.15) is 0 Å². The molecule has 0 aliphatic carbocycles. The first-order chi connectivity index (χ1) is 10.0. The van der Waals surface area contributed by atoms with Crippen LogP contribution in [0.1, 0.15) is 23.1 Å². The molecular formula is C18H22N2O. The van der Waals surface area contributed by atoms with Crippen molar-refractivity contribution in [3.63, 3.8) is 0 Å². The molecule has 3 nitrogen and oxygen atoms in total. The SMILES string of the molecule is Cc1cccc(CCC(=O)N(C)Cc2cccc(N)c2)c1. The number of benzene rings is 2. The third kappa shape index (κ3) is 4.63. The minimum absolute atomic E-state index is 0.152. The monoisotopic (exact) mass is 282 g/mol. The van der Waals surface area contributed by atoms with Crippen molar-refractivity contribution >= 4 is 11.6 Å². The molecule has 0 heterocycles. The molecule has 0 radical (unpaired) electrons. The number of rotatable bonds is 5. The Morgan fingerprint density at radius 2 is 1.81 bits per heavy atom. The summed E-state index contributed by atoms with van der Waals surface area (Å²) in [5.41, 5.74) is 9.98. The van der Waals surface area contributed by atoms with Gasteiger partial charge in [-0.2, -0.15) is 0 Å². The molecule has 0 unspecified atom stereocenters. The van der Waals surface area contributed by atoms with Gasteiger partial charge in [-0.25, -0.2) is 0 Å². The average Bonchev–Trinajstić information content (AvgIpc) is 2.45. The van der Waals surface area contributed by atoms with Crippen LogP contribution in [0.15, 0.2) is 48.5 Å². The first-order valence-electron chi connectivity index (χ1n) is 7.18. The van der Waals surface area contributed by atoms with Crippen LogP contribution in [0.3, 0.4) is 0 Å². The number of hydrogen-bond donors (Lipinski definition) is 1. The average molecular weight is 282 g/mol. The molecule has 2 aromatic rings. The van der Waals surface area contributed by atoms with E-state index in [4.69, 9.17) is 5.73 Å². The smallest absolute Gasteiger partial charge is 0.222 e. The highest BCUT2D eigenvalue weighted by atomic mass is 16.2. The summed E-state index contributed by atoms with van der Waals surface area (Å²) in [5, 5.41) is 0. The second-order valence-corrected chi connectivity index (χ2v) is 5.48. The molecule has 2 rings (SSSR count). The molecule has 3 heteroatoms. The second-order valence-electron chi connectivity index (χ2n) is 5.48. The summed E-state index contributed by atoms with van der Waals surface area (Å²) in [7, 11) is 1.84. The lowest BCUT2D eigenvalue weighted by molar-refractivity contribution is -0.130. The lowest BCUT2D eigenvalue weighted by Gasteiger charge is -2.17. The van der Waals surface area contributed by atoms with Gasteiger partial charge in [-0.3, -0.25) is 4.79 Å². The second kappa shape index (κ2) is 6.93. The Labute approximate surface area is 126 Å². The Kier molecular flexibility index (Phi) is 4.99. The molecule has 0 saturated heterocycles. The lowest BCUT2D eigenvalue weighted by Crippen LogP contribution is -2.26. The number of amides is 1. The van der Waals surface area contributed by atoms with E-state index >= 15 is 0 Å². The quantitative estimate of drug-likeness (QED) is 0.856. The molecule has 0 fully saturated rings. The van der Waals surface area contributed by atoms with Gasteiger partial charge in [-0.05, 0) is 36.6 Å². The first-order valence-corrected chi connectivity index (χ1v) is 7.18. The zero-order valence-electron chi connectivity index (χ0n) is 12.7. The van der Waals surface area contributed by atoms with Crippen LogP contribution in [-0.4, -0.2) is 17.9 Å². The van der Waals surface area contributed by atoms with Gasteiger partial charge in [-0.1, -0.05) is 42.0 Å². The third-order valence-corrected chi connectivity index (χ3v) is 3.51. The molecule has 21 heavy (non-hydrogen) atoms. The Balaban J connectivity index is 1.88. The zero-order valence-corrected chi connectivity index (χ0v) is 12.7. The highest BCUT2D eigenvalue weighted by Gasteiger charge is 2.09. The van der Waals surface area contributed by atoms with Crippen molar-refractivity contribution < 1.29 is 4.79 Å². The van der Waals surface area contributed by atoms with Gasteiger partial charge < -0.3 is 10.6 Å². The third-order valence-electron chi connectivity index (χ3n) is 3.51. The summed E-state index contributed by atoms with van der Waals surface area (Å²) in [4.78, 5) is 13.9. The molecule has 2 aromatic carbocycles. The van der Waals surface area contributed by atoms with E-state index in [-0.39, 0.29) is 5.91 Å². The number of aryl methyl sites for hydroxylation is 2. The Morgan fingerprint density at radius 1 is 1.10 bits per heavy atom. The molecule has 2 N–H and O–H groups in total. The number of carbonyl (C=O) groups is 1. The first kappa shape index (κ1) is 15.1. The van der Waals surface area contributed by atoms with E-state index in [2.05, 4.69) is 25.1 Å². The van der Waals surface area contributed by atoms with Crippen molar-refractivity contribution in [1.29, 1.82) is 0 Å². The standard InChI is InChI=1S/C18H22N2O/c1-14-5-3-6-15(11-14)9-10-18(21)20(2)13-16-7-4-8-17(19)12-16/h3-8,11-12H,9-10,13,19H2,1-2H3. The van der Waals surface area contributed by atoms with Crippen molar-refractivity contribution in [2.75, 3.05) is 12.8 Å². The minimum atomic E-state index is 0.152. The fraction of sp³-hybridized carbons (Fsp3) is 0.278. The van der Waals surface area contributed by atoms with E-state index in [1.807, 2.05) is 37.4 Å². The van der Waals surface area contributed by atoms with E-state index in [0.29, 0.717) is 13.0 Å². The van der Waals surface area contributed by atoms with E-state index in [9.17, 15) is 4.79 Å². The van der Waals surface area contributed by atoms with Gasteiger partial charge in [0.05, 0.1) is 0 Å². The summed E-state index contributed by atoms with van der Waals surface area (Å²) in [5.74, 6) is 0.152. The number of nitrogens with zero attached hydrogens (tertiary/aromatic N) is 1. The van der Waals surface area contributed by atoms with Gasteiger partial charge in [0.2, 0.25) is 5.91 Å². The summed E-state index contributed by atoms with van der Waals surface area (Å²) in [6.45, 7) is 2.66. The molecule has 0 bridgehead atoms. The maximum Gasteiger partial charge on any atom is 0.222 e. The Bertz CT molecular complexity index is 622. The Morgan fingerprint density at radius 3 is 2.52 bits per heavy atom. The summed E-state index contributed by atoms with van der Waals surface area (Å²) >= 11 is 0. The van der Waals surface area contributed by atoms with Crippen LogP contribution in [0.4, 0.5) is 5.69 Å². The van der Waals surface area contributed by atoms with Crippen LogP contribution in [0.5, 0.6) is 0 Å². The summed E-state index contributed by atoms with van der Waals surface area (Å²) < 4.78 is 0. The van der Waals surface area contributed by atoms with Gasteiger partial charge in [0, 0.05) is 25.7 Å². The minimum Gasteiger partial charge on any atom is -0.399 e. The highest BCUT2D eigenvalue weighted by Crippen LogP contribution is 2.11. The topological polar surface area (TPSA) is 46.3 Å². The van der Waals surface area contributed by atoms with Crippen molar-refractivity contribution in [3.05, 3.63) is 65.2 Å². The largest absolute Gasteiger partial charge is 0.399 e. The molecule has 0 atom stereocenters. The highest BCUT2D eigenvalue weighted by molar-refractivity contribution is 5.76. The van der Waals surface area contributed by atoms with E-state index in [0.717, 1.165) is 17.7 Å². The molecule has 1 amide bonds. The van der Waals surface area contributed by atoms with E-state index in [1.54, 1.807) is 4.90 Å². The van der Waals surface area contributed by atoms with Crippen molar-refractivity contribution in [2.45, 2.75) is 26.3 Å². The van der Waals surface area contributed by atoms with Crippen LogP contribution in [-0.2, 0) is 17.8 Å². The van der Waals surface area contributed by atoms with Gasteiger partial charge in [0.25, 0.3) is 0 Å². The van der Waals surface area contributed by atoms with Crippen LogP contribution >= 0.6 is 0 Å². The fourth-order valence-corrected chi connectivity index (χ4v) is 2.36. The summed E-state index contributed by atoms with van der Waals surface area (Å²) in [6.07, 6.45) is 1.31. The van der Waals surface area contributed by atoms with Crippen molar-refractivity contribution in [1.82, 2.24) is 4.90 Å². The number of nitrogen functional groups attached to an aromatic ring is 1. The summed E-state index contributed by atoms with van der Waals surface area (Å²) in [6, 6.07) is 16.0. The number of anilines is 1. The van der Waals surface area contributed by atoms with Crippen LogP contribution < -0.4 is 5.73 Å². The van der Waals surface area contributed by atoms with E-state index < -0.39 is 0 Å². The molecule has 0 spiro atoms. The molecule has 0 saturated carbocycles. The number of carbonyl (C=O) groups excluding carboxylic acids is 1. The van der Waals surface area contributed by atoms with Crippen LogP contribution in [0.2, 0.25) is 0 Å². The van der Waals surface area contributed by atoms with Crippen LogP contribution in [0, 0.1) is 6.92 Å². The molecular weight excluding hydrogens is 260 g/mol. The molecule has 0 aliphatic heterocycles.